The van der Waals surface area contributed by atoms with Crippen molar-refractivity contribution >= 4 is 34.0 Å². The van der Waals surface area contributed by atoms with Gasteiger partial charge in [-0.3, -0.25) is 15.2 Å². The van der Waals surface area contributed by atoms with Crippen LogP contribution < -0.4 is 15.4 Å². The second kappa shape index (κ2) is 10.0. The number of benzene rings is 2. The monoisotopic (exact) mass is 462 g/mol. The molecule has 33 heavy (non-hydrogen) atoms. The third-order valence-electron chi connectivity index (χ3n) is 4.87. The van der Waals surface area contributed by atoms with Crippen molar-refractivity contribution in [1.29, 1.82) is 0 Å². The summed E-state index contributed by atoms with van der Waals surface area (Å²) in [7, 11) is 1.52. The van der Waals surface area contributed by atoms with E-state index in [4.69, 9.17) is 4.74 Å². The Morgan fingerprint density at radius 2 is 1.91 bits per heavy atom. The zero-order valence-electron chi connectivity index (χ0n) is 18.1. The van der Waals surface area contributed by atoms with Crippen LogP contribution in [0.4, 0.5) is 15.6 Å². The molecule has 0 aliphatic rings. The Morgan fingerprint density at radius 1 is 1.06 bits per heavy atom. The lowest BCUT2D eigenvalue weighted by molar-refractivity contribution is 0.103. The molecule has 2 aromatic carbocycles. The Morgan fingerprint density at radius 3 is 2.70 bits per heavy atom. The fourth-order valence-electron chi connectivity index (χ4n) is 3.26. The summed E-state index contributed by atoms with van der Waals surface area (Å²) < 4.78 is 5.33. The molecule has 0 aliphatic heterocycles. The first-order chi connectivity index (χ1) is 16.0. The first-order valence-electron chi connectivity index (χ1n) is 10.2. The number of hydrogen-bond acceptors (Lipinski definition) is 7. The Hall–Kier alpha value is -4.05. The number of amides is 2. The average molecular weight is 463 g/mol. The highest BCUT2D eigenvalue weighted by atomic mass is 32.1. The van der Waals surface area contributed by atoms with E-state index in [0.717, 1.165) is 22.7 Å². The lowest BCUT2D eigenvalue weighted by Crippen LogP contribution is -2.21. The van der Waals surface area contributed by atoms with Crippen molar-refractivity contribution in [2.24, 2.45) is 0 Å². The second-order valence-corrected chi connectivity index (χ2v) is 8.34. The van der Waals surface area contributed by atoms with Gasteiger partial charge in [-0.05, 0) is 37.6 Å². The minimum Gasteiger partial charge on any atom is -0.496 e. The third kappa shape index (κ3) is 5.42. The van der Waals surface area contributed by atoms with Crippen LogP contribution in [0.5, 0.6) is 5.75 Å². The predicted octanol–water partition coefficient (Wildman–Crippen LogP) is 4.24. The number of aryl methyl sites for hydroxylation is 3. The number of carbonyl (C=O) groups is 2. The van der Waals surface area contributed by atoms with E-state index in [1.807, 2.05) is 13.0 Å². The van der Waals surface area contributed by atoms with E-state index in [2.05, 4.69) is 30.8 Å². The zero-order chi connectivity index (χ0) is 23.2. The van der Waals surface area contributed by atoms with E-state index in [1.165, 1.54) is 24.8 Å². The van der Waals surface area contributed by atoms with E-state index in [0.29, 0.717) is 34.1 Å². The summed E-state index contributed by atoms with van der Waals surface area (Å²) in [5.74, 6) is 1.03. The molecule has 0 radical (unpaired) electrons. The molecule has 2 amide bonds. The van der Waals surface area contributed by atoms with Crippen molar-refractivity contribution in [2.45, 2.75) is 19.8 Å². The molecule has 0 fully saturated rings. The van der Waals surface area contributed by atoms with Crippen molar-refractivity contribution in [3.8, 4) is 5.75 Å². The van der Waals surface area contributed by atoms with Crippen LogP contribution in [0, 0.1) is 6.92 Å². The van der Waals surface area contributed by atoms with Gasteiger partial charge in [-0.25, -0.2) is 14.8 Å². The molecular weight excluding hydrogens is 440 g/mol. The number of thiazole rings is 1. The van der Waals surface area contributed by atoms with Crippen LogP contribution in [0.15, 0.2) is 55.0 Å². The molecule has 3 N–H and O–H groups in total. The highest BCUT2D eigenvalue weighted by Crippen LogP contribution is 2.26. The van der Waals surface area contributed by atoms with Crippen molar-refractivity contribution in [1.82, 2.24) is 20.2 Å². The SMILES string of the molecule is COc1ccccc1C(=O)c1cc(C)ccc1NC(=O)Nc1ncc(CCc2ncn[nH]2)s1. The molecular formula is C23H22N6O3S. The van der Waals surface area contributed by atoms with E-state index in [1.54, 1.807) is 42.6 Å². The summed E-state index contributed by atoms with van der Waals surface area (Å²) in [4.78, 5) is 35.2. The van der Waals surface area contributed by atoms with E-state index in [-0.39, 0.29) is 5.78 Å². The average Bonchev–Trinajstić information content (AvgIpc) is 3.50. The van der Waals surface area contributed by atoms with Crippen LogP contribution in [-0.2, 0) is 12.8 Å². The molecule has 0 saturated carbocycles. The van der Waals surface area contributed by atoms with Gasteiger partial charge in [0.1, 0.15) is 17.9 Å². The Balaban J connectivity index is 1.46. The fourth-order valence-corrected chi connectivity index (χ4v) is 4.06. The van der Waals surface area contributed by atoms with Gasteiger partial charge < -0.3 is 10.1 Å². The largest absolute Gasteiger partial charge is 0.496 e. The first-order valence-corrected chi connectivity index (χ1v) is 11.0. The van der Waals surface area contributed by atoms with Crippen molar-refractivity contribution in [2.75, 3.05) is 17.7 Å². The smallest absolute Gasteiger partial charge is 0.325 e. The fraction of sp³-hybridized carbons (Fsp3) is 0.174. The number of rotatable bonds is 8. The standard InChI is InChI=1S/C23H22N6O3S/c1-14-7-9-18(17(11-14)21(30)16-5-3-4-6-19(16)32-2)27-22(31)28-23-24-12-15(33-23)8-10-20-25-13-26-29-20/h3-7,9,11-13H,8,10H2,1-2H3,(H,25,26,29)(H2,24,27,28,31). The number of ether oxygens (including phenoxy) is 1. The molecule has 0 saturated heterocycles. The Kier molecular flexibility index (Phi) is 6.75. The van der Waals surface area contributed by atoms with Gasteiger partial charge in [0.25, 0.3) is 0 Å². The van der Waals surface area contributed by atoms with Gasteiger partial charge in [-0.15, -0.1) is 11.3 Å². The highest BCUT2D eigenvalue weighted by molar-refractivity contribution is 7.15. The molecule has 168 valence electrons. The number of H-pyrrole nitrogens is 1. The molecule has 0 aliphatic carbocycles. The van der Waals surface area contributed by atoms with Crippen molar-refractivity contribution < 1.29 is 14.3 Å². The third-order valence-corrected chi connectivity index (χ3v) is 5.84. The van der Waals surface area contributed by atoms with Crippen LogP contribution in [0.2, 0.25) is 0 Å². The normalized spacial score (nSPS) is 10.6. The predicted molar refractivity (Wildman–Crippen MR) is 126 cm³/mol. The van der Waals surface area contributed by atoms with Crippen molar-refractivity contribution in [3.05, 3.63) is 82.4 Å². The van der Waals surface area contributed by atoms with Crippen molar-refractivity contribution in [3.63, 3.8) is 0 Å². The Labute approximate surface area is 194 Å². The van der Waals surface area contributed by atoms with E-state index in [9.17, 15) is 9.59 Å². The number of hydrogen-bond donors (Lipinski definition) is 3. The lowest BCUT2D eigenvalue weighted by Gasteiger charge is -2.13. The lowest BCUT2D eigenvalue weighted by atomic mass is 9.99. The molecule has 0 spiro atoms. The van der Waals surface area contributed by atoms with Gasteiger partial charge in [-0.2, -0.15) is 5.10 Å². The van der Waals surface area contributed by atoms with Crippen LogP contribution in [0.3, 0.4) is 0 Å². The maximum Gasteiger partial charge on any atom is 0.325 e. The van der Waals surface area contributed by atoms with Gasteiger partial charge in [0, 0.05) is 23.1 Å². The summed E-state index contributed by atoms with van der Waals surface area (Å²) in [5, 5.41) is 12.6. The maximum atomic E-state index is 13.2. The van der Waals surface area contributed by atoms with E-state index >= 15 is 0 Å². The van der Waals surface area contributed by atoms with Crippen LogP contribution in [0.1, 0.15) is 32.2 Å². The first kappa shape index (κ1) is 22.2. The molecule has 2 heterocycles. The topological polar surface area (TPSA) is 122 Å². The molecule has 0 atom stereocenters. The van der Waals surface area contributed by atoms with Gasteiger partial charge in [0.2, 0.25) is 0 Å². The highest BCUT2D eigenvalue weighted by Gasteiger charge is 2.19. The van der Waals surface area contributed by atoms with E-state index < -0.39 is 6.03 Å². The van der Waals surface area contributed by atoms with Gasteiger partial charge in [-0.1, -0.05) is 23.8 Å². The summed E-state index contributed by atoms with van der Waals surface area (Å²) in [6.45, 7) is 1.89. The maximum absolute atomic E-state index is 13.2. The molecule has 9 nitrogen and oxygen atoms in total. The molecule has 0 unspecified atom stereocenters. The minimum absolute atomic E-state index is 0.240. The molecule has 10 heteroatoms. The number of para-hydroxylation sites is 1. The number of aromatic amines is 1. The number of nitrogens with zero attached hydrogens (tertiary/aromatic N) is 3. The molecule has 0 bridgehead atoms. The van der Waals surface area contributed by atoms with Crippen LogP contribution in [-0.4, -0.2) is 39.1 Å². The van der Waals surface area contributed by atoms with Gasteiger partial charge in [0.05, 0.1) is 18.4 Å². The van der Waals surface area contributed by atoms with Gasteiger partial charge >= 0.3 is 6.03 Å². The van der Waals surface area contributed by atoms with Crippen LogP contribution in [0.25, 0.3) is 0 Å². The van der Waals surface area contributed by atoms with Gasteiger partial charge in [0.15, 0.2) is 10.9 Å². The number of nitrogens with one attached hydrogen (secondary N) is 3. The number of urea groups is 1. The minimum atomic E-state index is -0.482. The quantitative estimate of drug-likeness (QED) is 0.337. The Bertz CT molecular complexity index is 1270. The summed E-state index contributed by atoms with van der Waals surface area (Å²) in [6, 6.07) is 11.8. The number of anilines is 2. The summed E-state index contributed by atoms with van der Waals surface area (Å²) in [6.07, 6.45) is 4.62. The molecule has 2 aromatic heterocycles. The molecule has 4 aromatic rings. The second-order valence-electron chi connectivity index (χ2n) is 7.22. The summed E-state index contributed by atoms with van der Waals surface area (Å²) in [5.41, 5.74) is 2.10. The number of methoxy groups -OCH3 is 1. The summed E-state index contributed by atoms with van der Waals surface area (Å²) >= 11 is 1.38. The van der Waals surface area contributed by atoms with Crippen LogP contribution >= 0.6 is 11.3 Å². The zero-order valence-corrected chi connectivity index (χ0v) is 18.9. The number of ketones is 1. The molecule has 4 rings (SSSR count). The number of aromatic nitrogens is 4. The number of carbonyl (C=O) groups excluding carboxylic acids is 2.